The number of esters is 4. The lowest BCUT2D eigenvalue weighted by molar-refractivity contribution is -0.161. The highest BCUT2D eigenvalue weighted by Gasteiger charge is 2.30. The largest absolute Gasteiger partial charge is 0.472 e. The van der Waals surface area contributed by atoms with Crippen molar-refractivity contribution in [1.29, 1.82) is 0 Å². The second-order valence-electron chi connectivity index (χ2n) is 28.8. The van der Waals surface area contributed by atoms with Crippen LogP contribution >= 0.6 is 15.6 Å². The number of hydrogen-bond acceptors (Lipinski definition) is 15. The predicted octanol–water partition coefficient (Wildman–Crippen LogP) is 23.1. The van der Waals surface area contributed by atoms with Crippen molar-refractivity contribution in [1.82, 2.24) is 0 Å². The maximum Gasteiger partial charge on any atom is 0.472 e. The van der Waals surface area contributed by atoms with Gasteiger partial charge in [0.1, 0.15) is 19.3 Å². The molecule has 0 saturated carbocycles. The Hall–Kier alpha value is -1.94. The van der Waals surface area contributed by atoms with E-state index in [-0.39, 0.29) is 25.7 Å². The monoisotopic (exact) mass is 1420 g/mol. The highest BCUT2D eigenvalue weighted by Crippen LogP contribution is 2.45. The standard InChI is InChI=1S/C78H152O17P2/c1-7-10-12-14-16-35-44-50-56-62-77(82)94-73(66-88-75(80)60-54-48-40-15-13-11-8-2)68-92-96(84,85)90-64-72(79)65-91-97(86,87)93-69-74(67-89-76(81)61-55-49-43-38-33-29-25-22-21-23-27-31-36-41-46-52-58-70(4)5)95-78(83)63-57-51-45-39-34-30-26-20-18-17-19-24-28-32-37-42-47-53-59-71(6)9-3/h70-74,79H,7-69H2,1-6H3,(H,84,85)(H,86,87)/t71?,72-,73+,74+/m0/s1. The summed E-state index contributed by atoms with van der Waals surface area (Å²) in [6.45, 7) is 9.64. The minimum absolute atomic E-state index is 0.106. The molecule has 97 heavy (non-hydrogen) atoms. The lowest BCUT2D eigenvalue weighted by Crippen LogP contribution is -2.30. The number of unbranched alkanes of at least 4 members (excludes halogenated alkanes) is 46. The molecule has 0 radical (unpaired) electrons. The van der Waals surface area contributed by atoms with Crippen LogP contribution in [-0.2, 0) is 65.4 Å². The second kappa shape index (κ2) is 69.8. The van der Waals surface area contributed by atoms with Gasteiger partial charge in [0.15, 0.2) is 12.2 Å². The van der Waals surface area contributed by atoms with Crippen LogP contribution in [0.25, 0.3) is 0 Å². The molecule has 17 nitrogen and oxygen atoms in total. The van der Waals surface area contributed by atoms with E-state index in [2.05, 4.69) is 41.5 Å². The Balaban J connectivity index is 5.13. The number of carbonyl (C=O) groups is 4. The highest BCUT2D eigenvalue weighted by molar-refractivity contribution is 7.47. The first-order valence-corrected chi connectivity index (χ1v) is 43.5. The fourth-order valence-electron chi connectivity index (χ4n) is 12.0. The fourth-order valence-corrected chi connectivity index (χ4v) is 13.6. The molecule has 0 aromatic carbocycles. The van der Waals surface area contributed by atoms with Gasteiger partial charge in [-0.1, -0.05) is 356 Å². The Morgan fingerprint density at radius 1 is 0.299 bits per heavy atom. The van der Waals surface area contributed by atoms with Gasteiger partial charge >= 0.3 is 39.5 Å². The molecule has 0 aromatic rings. The number of aliphatic hydroxyl groups is 1. The summed E-state index contributed by atoms with van der Waals surface area (Å²) in [4.78, 5) is 72.6. The van der Waals surface area contributed by atoms with E-state index in [1.165, 1.54) is 212 Å². The van der Waals surface area contributed by atoms with Crippen LogP contribution in [0, 0.1) is 11.8 Å². The zero-order valence-corrected chi connectivity index (χ0v) is 65.2. The first-order chi connectivity index (χ1) is 46.9. The van der Waals surface area contributed by atoms with Gasteiger partial charge in [-0.05, 0) is 37.5 Å². The van der Waals surface area contributed by atoms with Crippen LogP contribution in [0.4, 0.5) is 0 Å². The van der Waals surface area contributed by atoms with Crippen LogP contribution in [0.1, 0.15) is 408 Å². The number of carbonyl (C=O) groups excluding carboxylic acids is 4. The molecule has 3 unspecified atom stereocenters. The molecular weight excluding hydrogens is 1270 g/mol. The third-order valence-corrected chi connectivity index (χ3v) is 20.5. The SMILES string of the molecule is CCCCCCCCCCCC(=O)O[C@H](COC(=O)CCCCCCCCC)COP(=O)(O)OC[C@H](O)COP(=O)(O)OC[C@@H](COC(=O)CCCCCCCCCCCCCCCCCCC(C)C)OC(=O)CCCCCCCCCCCCCCCCCCCCC(C)CC. The lowest BCUT2D eigenvalue weighted by Gasteiger charge is -2.21. The molecule has 0 fully saturated rings. The molecule has 3 N–H and O–H groups in total. The minimum Gasteiger partial charge on any atom is -0.462 e. The van der Waals surface area contributed by atoms with Gasteiger partial charge in [0.2, 0.25) is 0 Å². The van der Waals surface area contributed by atoms with Crippen molar-refractivity contribution < 1.29 is 80.2 Å². The summed E-state index contributed by atoms with van der Waals surface area (Å²) in [5.41, 5.74) is 0. The number of aliphatic hydroxyl groups excluding tert-OH is 1. The van der Waals surface area contributed by atoms with E-state index in [0.29, 0.717) is 25.7 Å². The average molecular weight is 1420 g/mol. The van der Waals surface area contributed by atoms with Crippen LogP contribution < -0.4 is 0 Å². The van der Waals surface area contributed by atoms with Gasteiger partial charge in [-0.2, -0.15) is 0 Å². The van der Waals surface area contributed by atoms with E-state index >= 15 is 0 Å². The average Bonchev–Trinajstić information content (AvgIpc) is 1.31. The van der Waals surface area contributed by atoms with Crippen LogP contribution in [0.2, 0.25) is 0 Å². The van der Waals surface area contributed by atoms with E-state index < -0.39 is 97.5 Å². The number of hydrogen-bond donors (Lipinski definition) is 3. The van der Waals surface area contributed by atoms with E-state index in [9.17, 15) is 43.2 Å². The third-order valence-electron chi connectivity index (χ3n) is 18.6. The first-order valence-electron chi connectivity index (χ1n) is 40.5. The van der Waals surface area contributed by atoms with Gasteiger partial charge in [0, 0.05) is 25.7 Å². The normalized spacial score (nSPS) is 14.2. The maximum absolute atomic E-state index is 13.1. The summed E-state index contributed by atoms with van der Waals surface area (Å²) in [6, 6.07) is 0. The third kappa shape index (κ3) is 70.9. The molecule has 0 aliphatic rings. The summed E-state index contributed by atoms with van der Waals surface area (Å²) in [6.07, 6.45) is 58.6. The van der Waals surface area contributed by atoms with E-state index in [0.717, 1.165) is 115 Å². The molecule has 0 aromatic heterocycles. The Labute approximate surface area is 594 Å². The molecule has 0 aliphatic carbocycles. The number of phosphoric acid groups is 2. The number of ether oxygens (including phenoxy) is 4. The Morgan fingerprint density at radius 2 is 0.526 bits per heavy atom. The summed E-state index contributed by atoms with van der Waals surface area (Å²) >= 11 is 0. The predicted molar refractivity (Wildman–Crippen MR) is 395 cm³/mol. The summed E-state index contributed by atoms with van der Waals surface area (Å²) in [5.74, 6) is -0.436. The molecule has 0 amide bonds. The highest BCUT2D eigenvalue weighted by atomic mass is 31.2. The first kappa shape index (κ1) is 95.1. The molecule has 6 atom stereocenters. The molecule has 0 saturated heterocycles. The van der Waals surface area contributed by atoms with Gasteiger partial charge in [0.25, 0.3) is 0 Å². The summed E-state index contributed by atoms with van der Waals surface area (Å²) in [7, 11) is -9.90. The fraction of sp³-hybridized carbons (Fsp3) is 0.949. The van der Waals surface area contributed by atoms with Crippen LogP contribution in [0.5, 0.6) is 0 Å². The van der Waals surface area contributed by atoms with E-state index in [1.54, 1.807) is 0 Å². The summed E-state index contributed by atoms with van der Waals surface area (Å²) < 4.78 is 68.4. The van der Waals surface area contributed by atoms with Crippen molar-refractivity contribution >= 4 is 39.5 Å². The van der Waals surface area contributed by atoms with Gasteiger partial charge in [-0.3, -0.25) is 37.3 Å². The molecule has 0 aliphatic heterocycles. The molecule has 0 spiro atoms. The van der Waals surface area contributed by atoms with Crippen molar-refractivity contribution in [3.05, 3.63) is 0 Å². The van der Waals surface area contributed by atoms with Gasteiger partial charge in [0.05, 0.1) is 26.4 Å². The zero-order valence-electron chi connectivity index (χ0n) is 63.4. The van der Waals surface area contributed by atoms with E-state index in [1.807, 2.05) is 0 Å². The smallest absolute Gasteiger partial charge is 0.462 e. The van der Waals surface area contributed by atoms with Crippen molar-refractivity contribution in [2.45, 2.75) is 426 Å². The minimum atomic E-state index is -4.96. The van der Waals surface area contributed by atoms with Crippen LogP contribution in [-0.4, -0.2) is 96.7 Å². The topological polar surface area (TPSA) is 237 Å². The van der Waals surface area contributed by atoms with Crippen molar-refractivity contribution in [2.75, 3.05) is 39.6 Å². The Bertz CT molecular complexity index is 1870. The molecule has 19 heteroatoms. The van der Waals surface area contributed by atoms with Crippen molar-refractivity contribution in [2.24, 2.45) is 11.8 Å². The van der Waals surface area contributed by atoms with Gasteiger partial charge in [-0.25, -0.2) is 9.13 Å². The second-order valence-corrected chi connectivity index (χ2v) is 31.7. The number of rotatable bonds is 77. The quantitative estimate of drug-likeness (QED) is 0.0222. The summed E-state index contributed by atoms with van der Waals surface area (Å²) in [5, 5.41) is 10.6. The zero-order chi connectivity index (χ0) is 71.4. The number of phosphoric ester groups is 2. The molecule has 0 heterocycles. The lowest BCUT2D eigenvalue weighted by atomic mass is 9.99. The van der Waals surface area contributed by atoms with Gasteiger partial charge in [-0.15, -0.1) is 0 Å². The van der Waals surface area contributed by atoms with Crippen molar-refractivity contribution in [3.63, 3.8) is 0 Å². The van der Waals surface area contributed by atoms with Crippen LogP contribution in [0.15, 0.2) is 0 Å². The molecule has 0 bridgehead atoms. The maximum atomic E-state index is 13.1. The van der Waals surface area contributed by atoms with Crippen LogP contribution in [0.3, 0.4) is 0 Å². The van der Waals surface area contributed by atoms with Crippen molar-refractivity contribution in [3.8, 4) is 0 Å². The molecular formula is C78H152O17P2. The Kier molecular flexibility index (Phi) is 68.4. The Morgan fingerprint density at radius 3 is 0.784 bits per heavy atom. The molecule has 0 rings (SSSR count). The van der Waals surface area contributed by atoms with E-state index in [4.69, 9.17) is 37.0 Å². The van der Waals surface area contributed by atoms with Gasteiger partial charge < -0.3 is 33.8 Å². The molecule has 576 valence electrons.